The minimum absolute atomic E-state index is 0.0120. The number of carboxylic acid groups (broad SMARTS) is 2. The van der Waals surface area contributed by atoms with Crippen molar-refractivity contribution in [2.24, 2.45) is 5.92 Å². The number of hydrogen-bond donors (Lipinski definition) is 2. The van der Waals surface area contributed by atoms with E-state index in [9.17, 15) is 19.1 Å². The average Bonchev–Trinajstić information content (AvgIpc) is 2.73. The standard InChI is InChI=1S/C23H25FN2O6/c1-14-10-17(24)6-8-19(14)32-22-20(7-5-15(2)25-22)31-13-16-4-3-9-26(12-16)18(23(29)30)11-21(27)28/h5-8,10-11,16H,3-4,9,12-13H2,1-2H3,(H,27,28)(H,29,30)/b18-11-/t16-/m0/s1. The van der Waals surface area contributed by atoms with Crippen molar-refractivity contribution in [3.05, 3.63) is 59.2 Å². The van der Waals surface area contributed by atoms with Gasteiger partial charge >= 0.3 is 11.9 Å². The first-order valence-corrected chi connectivity index (χ1v) is 10.2. The summed E-state index contributed by atoms with van der Waals surface area (Å²) in [6, 6.07) is 7.72. The largest absolute Gasteiger partial charge is 0.488 e. The predicted octanol–water partition coefficient (Wildman–Crippen LogP) is 3.77. The monoisotopic (exact) mass is 444 g/mol. The molecule has 0 bridgehead atoms. The van der Waals surface area contributed by atoms with E-state index in [1.54, 1.807) is 24.0 Å². The highest BCUT2D eigenvalue weighted by Gasteiger charge is 2.26. The average molecular weight is 444 g/mol. The third kappa shape index (κ3) is 5.96. The molecular formula is C23H25FN2O6. The summed E-state index contributed by atoms with van der Waals surface area (Å²) in [6.45, 7) is 4.65. The van der Waals surface area contributed by atoms with Gasteiger partial charge in [-0.1, -0.05) is 0 Å². The van der Waals surface area contributed by atoms with Gasteiger partial charge in [-0.15, -0.1) is 0 Å². The summed E-state index contributed by atoms with van der Waals surface area (Å²) in [7, 11) is 0. The van der Waals surface area contributed by atoms with Gasteiger partial charge in [-0.2, -0.15) is 0 Å². The fourth-order valence-corrected chi connectivity index (χ4v) is 3.57. The molecule has 1 atom stereocenters. The molecule has 2 N–H and O–H groups in total. The number of likely N-dealkylation sites (tertiary alicyclic amines) is 1. The molecule has 3 rings (SSSR count). The summed E-state index contributed by atoms with van der Waals surface area (Å²) in [4.78, 5) is 28.4. The number of nitrogens with zero attached hydrogens (tertiary/aromatic N) is 2. The Balaban J connectivity index is 1.71. The van der Waals surface area contributed by atoms with Gasteiger partial charge in [0.15, 0.2) is 5.75 Å². The van der Waals surface area contributed by atoms with Crippen LogP contribution in [-0.2, 0) is 9.59 Å². The lowest BCUT2D eigenvalue weighted by Crippen LogP contribution is -2.39. The van der Waals surface area contributed by atoms with Crippen molar-refractivity contribution in [1.82, 2.24) is 9.88 Å². The molecule has 2 aromatic rings. The molecular weight excluding hydrogens is 419 g/mol. The number of rotatable bonds is 8. The quantitative estimate of drug-likeness (QED) is 0.592. The van der Waals surface area contributed by atoms with E-state index in [1.165, 1.54) is 18.2 Å². The van der Waals surface area contributed by atoms with E-state index in [2.05, 4.69) is 4.98 Å². The molecule has 1 aliphatic heterocycles. The highest BCUT2D eigenvalue weighted by atomic mass is 19.1. The van der Waals surface area contributed by atoms with Crippen LogP contribution >= 0.6 is 0 Å². The Morgan fingerprint density at radius 2 is 1.97 bits per heavy atom. The summed E-state index contributed by atoms with van der Waals surface area (Å²) >= 11 is 0. The number of pyridine rings is 1. The lowest BCUT2D eigenvalue weighted by Gasteiger charge is -2.34. The van der Waals surface area contributed by atoms with E-state index in [1.807, 2.05) is 6.92 Å². The summed E-state index contributed by atoms with van der Waals surface area (Å²) in [5, 5.41) is 18.3. The second-order valence-electron chi connectivity index (χ2n) is 7.71. The number of aryl methyl sites for hydroxylation is 2. The van der Waals surface area contributed by atoms with Gasteiger partial charge in [-0.25, -0.2) is 19.0 Å². The van der Waals surface area contributed by atoms with Crippen LogP contribution in [0.5, 0.6) is 17.4 Å². The van der Waals surface area contributed by atoms with Gasteiger partial charge in [-0.3, -0.25) is 0 Å². The van der Waals surface area contributed by atoms with Gasteiger partial charge in [-0.05, 0) is 62.6 Å². The first-order chi connectivity index (χ1) is 15.2. The third-order valence-electron chi connectivity index (χ3n) is 5.12. The van der Waals surface area contributed by atoms with Crippen molar-refractivity contribution in [3.8, 4) is 17.4 Å². The number of halogens is 1. The normalized spacial score (nSPS) is 16.5. The fraction of sp³-hybridized carbons (Fsp3) is 0.348. The number of carboxylic acids is 2. The van der Waals surface area contributed by atoms with Crippen LogP contribution in [0.4, 0.5) is 4.39 Å². The van der Waals surface area contributed by atoms with Crippen LogP contribution in [0.1, 0.15) is 24.1 Å². The van der Waals surface area contributed by atoms with E-state index in [0.29, 0.717) is 42.6 Å². The van der Waals surface area contributed by atoms with Crippen LogP contribution < -0.4 is 9.47 Å². The van der Waals surface area contributed by atoms with Gasteiger partial charge in [0, 0.05) is 24.7 Å². The third-order valence-corrected chi connectivity index (χ3v) is 5.12. The van der Waals surface area contributed by atoms with Crippen molar-refractivity contribution in [3.63, 3.8) is 0 Å². The van der Waals surface area contributed by atoms with Crippen LogP contribution in [0.25, 0.3) is 0 Å². The van der Waals surface area contributed by atoms with Crippen LogP contribution in [0.15, 0.2) is 42.1 Å². The number of aliphatic carboxylic acids is 2. The summed E-state index contributed by atoms with van der Waals surface area (Å²) < 4.78 is 25.2. The van der Waals surface area contributed by atoms with E-state index in [4.69, 9.17) is 14.6 Å². The molecule has 0 spiro atoms. The molecule has 0 amide bonds. The topological polar surface area (TPSA) is 109 Å². The van der Waals surface area contributed by atoms with Crippen molar-refractivity contribution in [2.75, 3.05) is 19.7 Å². The zero-order valence-electron chi connectivity index (χ0n) is 17.9. The van der Waals surface area contributed by atoms with Crippen LogP contribution in [0, 0.1) is 25.6 Å². The van der Waals surface area contributed by atoms with Gasteiger partial charge in [0.2, 0.25) is 0 Å². The van der Waals surface area contributed by atoms with E-state index >= 15 is 0 Å². The first-order valence-electron chi connectivity index (χ1n) is 10.2. The lowest BCUT2D eigenvalue weighted by molar-refractivity contribution is -0.136. The second-order valence-corrected chi connectivity index (χ2v) is 7.71. The van der Waals surface area contributed by atoms with Crippen LogP contribution in [0.3, 0.4) is 0 Å². The molecule has 0 aliphatic carbocycles. The SMILES string of the molecule is Cc1ccc(OC[C@H]2CCCN(/C(=C\C(=O)O)C(=O)O)C2)c(Oc2ccc(F)cc2C)n1. The Morgan fingerprint density at radius 1 is 1.22 bits per heavy atom. The fourth-order valence-electron chi connectivity index (χ4n) is 3.57. The highest BCUT2D eigenvalue weighted by molar-refractivity contribution is 5.94. The Labute approximate surface area is 184 Å². The number of ether oxygens (including phenoxy) is 2. The maximum absolute atomic E-state index is 13.4. The van der Waals surface area contributed by atoms with Crippen molar-refractivity contribution >= 4 is 11.9 Å². The Morgan fingerprint density at radius 3 is 2.66 bits per heavy atom. The molecule has 1 aromatic heterocycles. The second kappa shape index (κ2) is 10.1. The van der Waals surface area contributed by atoms with Gasteiger partial charge in [0.1, 0.15) is 17.3 Å². The highest BCUT2D eigenvalue weighted by Crippen LogP contribution is 2.32. The van der Waals surface area contributed by atoms with E-state index in [0.717, 1.165) is 12.1 Å². The molecule has 0 unspecified atom stereocenters. The number of carbonyl (C=O) groups is 2. The number of benzene rings is 1. The van der Waals surface area contributed by atoms with Crippen molar-refractivity contribution < 1.29 is 33.7 Å². The molecule has 1 saturated heterocycles. The minimum atomic E-state index is -1.30. The molecule has 9 heteroatoms. The molecule has 0 saturated carbocycles. The minimum Gasteiger partial charge on any atom is -0.488 e. The summed E-state index contributed by atoms with van der Waals surface area (Å²) in [5.41, 5.74) is 1.10. The van der Waals surface area contributed by atoms with Crippen LogP contribution in [-0.4, -0.2) is 51.7 Å². The molecule has 1 fully saturated rings. The smallest absolute Gasteiger partial charge is 0.352 e. The summed E-state index contributed by atoms with van der Waals surface area (Å²) in [6.07, 6.45) is 2.23. The van der Waals surface area contributed by atoms with Crippen molar-refractivity contribution in [1.29, 1.82) is 0 Å². The Hall–Kier alpha value is -3.62. The lowest BCUT2D eigenvalue weighted by atomic mass is 9.98. The molecule has 32 heavy (non-hydrogen) atoms. The number of hydrogen-bond acceptors (Lipinski definition) is 6. The number of piperidine rings is 1. The zero-order valence-corrected chi connectivity index (χ0v) is 17.9. The van der Waals surface area contributed by atoms with Gasteiger partial charge in [0.25, 0.3) is 5.88 Å². The molecule has 170 valence electrons. The maximum atomic E-state index is 13.4. The molecule has 1 aliphatic rings. The van der Waals surface area contributed by atoms with Gasteiger partial charge < -0.3 is 24.6 Å². The van der Waals surface area contributed by atoms with Gasteiger partial charge in [0.05, 0.1) is 12.7 Å². The molecule has 0 radical (unpaired) electrons. The van der Waals surface area contributed by atoms with Crippen LogP contribution in [0.2, 0.25) is 0 Å². The maximum Gasteiger partial charge on any atom is 0.352 e. The van der Waals surface area contributed by atoms with E-state index in [-0.39, 0.29) is 29.9 Å². The predicted molar refractivity (Wildman–Crippen MR) is 113 cm³/mol. The Kier molecular flexibility index (Phi) is 7.29. The molecule has 1 aromatic carbocycles. The van der Waals surface area contributed by atoms with Crippen molar-refractivity contribution in [2.45, 2.75) is 26.7 Å². The number of aromatic nitrogens is 1. The zero-order chi connectivity index (χ0) is 23.3. The molecule has 8 nitrogen and oxygen atoms in total. The first kappa shape index (κ1) is 23.1. The molecule has 2 heterocycles. The summed E-state index contributed by atoms with van der Waals surface area (Å²) in [5.74, 6) is -1.82. The van der Waals surface area contributed by atoms with E-state index < -0.39 is 11.9 Å². The Bertz CT molecular complexity index is 1040.